The molecule has 2 aromatic heterocycles. The number of ether oxygens (including phenoxy) is 1. The zero-order chi connectivity index (χ0) is 14.7. The minimum absolute atomic E-state index is 0.386. The van der Waals surface area contributed by atoms with Gasteiger partial charge in [0.15, 0.2) is 11.2 Å². The van der Waals surface area contributed by atoms with Gasteiger partial charge in [0.2, 0.25) is 0 Å². The molecule has 0 aromatic carbocycles. The second kappa shape index (κ2) is 6.15. The van der Waals surface area contributed by atoms with Crippen molar-refractivity contribution >= 4 is 39.7 Å². The molecule has 0 aliphatic rings. The smallest absolute Gasteiger partial charge is 0.349 e. The van der Waals surface area contributed by atoms with Gasteiger partial charge in [-0.2, -0.15) is 0 Å². The number of rotatable bonds is 4. The van der Waals surface area contributed by atoms with E-state index in [1.165, 1.54) is 29.6 Å². The summed E-state index contributed by atoms with van der Waals surface area (Å²) < 4.78 is 5.10. The maximum Gasteiger partial charge on any atom is 0.349 e. The third-order valence-corrected chi connectivity index (χ3v) is 4.47. The second-order valence-electron chi connectivity index (χ2n) is 4.17. The first-order chi connectivity index (χ1) is 9.47. The molecule has 2 rings (SSSR count). The van der Waals surface area contributed by atoms with Crippen molar-refractivity contribution in [3.05, 3.63) is 33.0 Å². The van der Waals surface area contributed by atoms with Gasteiger partial charge in [-0.05, 0) is 32.2 Å². The SMILES string of the molecule is Cc1nc(NC(=O)[C@@H](C)OC(=O)c2cccs2)sc1C. The fourth-order valence-electron chi connectivity index (χ4n) is 1.40. The highest BCUT2D eigenvalue weighted by Gasteiger charge is 2.20. The van der Waals surface area contributed by atoms with Crippen molar-refractivity contribution < 1.29 is 14.3 Å². The van der Waals surface area contributed by atoms with E-state index in [2.05, 4.69) is 10.3 Å². The number of nitrogens with zero attached hydrogens (tertiary/aromatic N) is 1. The quantitative estimate of drug-likeness (QED) is 0.881. The molecule has 1 N–H and O–H groups in total. The van der Waals surface area contributed by atoms with Crippen LogP contribution in [0.4, 0.5) is 5.13 Å². The molecule has 0 unspecified atom stereocenters. The van der Waals surface area contributed by atoms with Gasteiger partial charge in [0.1, 0.15) is 4.88 Å². The van der Waals surface area contributed by atoms with Crippen molar-refractivity contribution in [1.29, 1.82) is 0 Å². The summed E-state index contributed by atoms with van der Waals surface area (Å²) in [7, 11) is 0. The minimum atomic E-state index is -0.867. The maximum atomic E-state index is 11.9. The fraction of sp³-hybridized carbons (Fsp3) is 0.308. The highest BCUT2D eigenvalue weighted by atomic mass is 32.1. The zero-order valence-corrected chi connectivity index (χ0v) is 12.9. The molecule has 20 heavy (non-hydrogen) atoms. The van der Waals surface area contributed by atoms with Crippen LogP contribution in [0.5, 0.6) is 0 Å². The Kier molecular flexibility index (Phi) is 4.51. The highest BCUT2D eigenvalue weighted by molar-refractivity contribution is 7.15. The molecule has 106 valence electrons. The summed E-state index contributed by atoms with van der Waals surface area (Å²) in [4.78, 5) is 29.4. The molecule has 5 nitrogen and oxygen atoms in total. The molecule has 0 bridgehead atoms. The first-order valence-electron chi connectivity index (χ1n) is 5.96. The number of esters is 1. The van der Waals surface area contributed by atoms with Crippen LogP contribution in [0.2, 0.25) is 0 Å². The Labute approximate surface area is 124 Å². The van der Waals surface area contributed by atoms with Gasteiger partial charge >= 0.3 is 5.97 Å². The lowest BCUT2D eigenvalue weighted by Crippen LogP contribution is -2.29. The third-order valence-electron chi connectivity index (χ3n) is 2.63. The van der Waals surface area contributed by atoms with Gasteiger partial charge in [-0.1, -0.05) is 6.07 Å². The molecule has 0 fully saturated rings. The van der Waals surface area contributed by atoms with Crippen LogP contribution in [0.3, 0.4) is 0 Å². The van der Waals surface area contributed by atoms with Crippen LogP contribution in [0.25, 0.3) is 0 Å². The first kappa shape index (κ1) is 14.7. The molecule has 0 saturated carbocycles. The molecule has 2 aromatic rings. The summed E-state index contributed by atoms with van der Waals surface area (Å²) in [6, 6.07) is 3.41. The average Bonchev–Trinajstić information content (AvgIpc) is 3.00. The third kappa shape index (κ3) is 3.43. The van der Waals surface area contributed by atoms with E-state index in [0.29, 0.717) is 10.0 Å². The number of thiophene rings is 1. The molecule has 0 radical (unpaired) electrons. The van der Waals surface area contributed by atoms with E-state index in [9.17, 15) is 9.59 Å². The lowest BCUT2D eigenvalue weighted by atomic mass is 10.4. The van der Waals surface area contributed by atoms with Crippen molar-refractivity contribution in [2.45, 2.75) is 26.9 Å². The van der Waals surface area contributed by atoms with Crippen molar-refractivity contribution in [3.63, 3.8) is 0 Å². The molecule has 0 aliphatic carbocycles. The van der Waals surface area contributed by atoms with Gasteiger partial charge in [0.05, 0.1) is 5.69 Å². The first-order valence-corrected chi connectivity index (χ1v) is 7.66. The van der Waals surface area contributed by atoms with Crippen LogP contribution in [-0.2, 0) is 9.53 Å². The molecule has 0 aliphatic heterocycles. The number of amides is 1. The highest BCUT2D eigenvalue weighted by Crippen LogP contribution is 2.21. The monoisotopic (exact) mass is 310 g/mol. The van der Waals surface area contributed by atoms with Gasteiger partial charge in [0, 0.05) is 4.88 Å². The minimum Gasteiger partial charge on any atom is -0.448 e. The Hall–Kier alpha value is -1.73. The van der Waals surface area contributed by atoms with E-state index in [1.54, 1.807) is 17.5 Å². The van der Waals surface area contributed by atoms with Crippen molar-refractivity contribution in [2.24, 2.45) is 0 Å². The predicted molar refractivity (Wildman–Crippen MR) is 79.4 cm³/mol. The fourth-order valence-corrected chi connectivity index (χ4v) is 2.82. The standard InChI is InChI=1S/C13H14N2O3S2/c1-7-9(3)20-13(14-7)15-11(16)8(2)18-12(17)10-5-4-6-19-10/h4-6,8H,1-3H3,(H,14,15,16)/t8-/m1/s1. The Bertz CT molecular complexity index is 600. The van der Waals surface area contributed by atoms with Gasteiger partial charge in [0.25, 0.3) is 5.91 Å². The summed E-state index contributed by atoms with van der Waals surface area (Å²) in [5, 5.41) is 4.95. The molecule has 7 heteroatoms. The van der Waals surface area contributed by atoms with Gasteiger partial charge in [-0.3, -0.25) is 10.1 Å². The van der Waals surface area contributed by atoms with Crippen LogP contribution in [0.1, 0.15) is 27.2 Å². The van der Waals surface area contributed by atoms with E-state index in [-0.39, 0.29) is 5.91 Å². The van der Waals surface area contributed by atoms with Crippen molar-refractivity contribution in [1.82, 2.24) is 4.98 Å². The van der Waals surface area contributed by atoms with Crippen molar-refractivity contribution in [3.8, 4) is 0 Å². The molecular formula is C13H14N2O3S2. The van der Waals surface area contributed by atoms with Crippen LogP contribution < -0.4 is 5.32 Å². The predicted octanol–water partition coefficient (Wildman–Crippen LogP) is 3.01. The Balaban J connectivity index is 1.93. The van der Waals surface area contributed by atoms with E-state index < -0.39 is 12.1 Å². The summed E-state index contributed by atoms with van der Waals surface area (Å²) in [6.07, 6.45) is -0.867. The van der Waals surface area contributed by atoms with Crippen LogP contribution >= 0.6 is 22.7 Å². The van der Waals surface area contributed by atoms with Crippen LogP contribution in [0.15, 0.2) is 17.5 Å². The van der Waals surface area contributed by atoms with E-state index >= 15 is 0 Å². The number of anilines is 1. The van der Waals surface area contributed by atoms with E-state index in [1.807, 2.05) is 13.8 Å². The number of hydrogen-bond donors (Lipinski definition) is 1. The molecule has 2 heterocycles. The number of nitrogens with one attached hydrogen (secondary N) is 1. The lowest BCUT2D eigenvalue weighted by Gasteiger charge is -2.11. The summed E-state index contributed by atoms with van der Waals surface area (Å²) in [5.41, 5.74) is 0.883. The average molecular weight is 310 g/mol. The molecule has 0 spiro atoms. The zero-order valence-electron chi connectivity index (χ0n) is 11.3. The number of carbonyl (C=O) groups is 2. The van der Waals surface area contributed by atoms with Crippen molar-refractivity contribution in [2.75, 3.05) is 5.32 Å². The topological polar surface area (TPSA) is 68.3 Å². The molecule has 1 amide bonds. The Morgan fingerprint density at radius 3 is 2.70 bits per heavy atom. The molecule has 1 atom stereocenters. The molecular weight excluding hydrogens is 296 g/mol. The van der Waals surface area contributed by atoms with Gasteiger partial charge in [-0.15, -0.1) is 22.7 Å². The molecule has 0 saturated heterocycles. The van der Waals surface area contributed by atoms with E-state index in [0.717, 1.165) is 10.6 Å². The summed E-state index contributed by atoms with van der Waals surface area (Å²) in [6.45, 7) is 5.35. The summed E-state index contributed by atoms with van der Waals surface area (Å²) >= 11 is 2.67. The lowest BCUT2D eigenvalue weighted by molar-refractivity contribution is -0.123. The number of aromatic nitrogens is 1. The Morgan fingerprint density at radius 2 is 2.15 bits per heavy atom. The van der Waals surface area contributed by atoms with Crippen LogP contribution in [-0.4, -0.2) is 23.0 Å². The number of hydrogen-bond acceptors (Lipinski definition) is 6. The number of carbonyl (C=O) groups excluding carboxylic acids is 2. The van der Waals surface area contributed by atoms with E-state index in [4.69, 9.17) is 4.74 Å². The second-order valence-corrected chi connectivity index (χ2v) is 6.33. The number of aryl methyl sites for hydroxylation is 2. The summed E-state index contributed by atoms with van der Waals surface area (Å²) in [5.74, 6) is -0.877. The largest absolute Gasteiger partial charge is 0.448 e. The number of thiazole rings is 1. The van der Waals surface area contributed by atoms with Gasteiger partial charge in [-0.25, -0.2) is 9.78 Å². The van der Waals surface area contributed by atoms with Gasteiger partial charge < -0.3 is 4.74 Å². The van der Waals surface area contributed by atoms with Crippen LogP contribution in [0, 0.1) is 13.8 Å². The maximum absolute atomic E-state index is 11.9. The Morgan fingerprint density at radius 1 is 1.40 bits per heavy atom. The normalized spacial score (nSPS) is 11.9.